The molecule has 0 aromatic carbocycles. The molecule has 0 fully saturated rings. The van der Waals surface area contributed by atoms with Gasteiger partial charge >= 0.3 is 0 Å². The number of hydrogen-bond donors (Lipinski definition) is 0. The molecule has 3 nitrogen and oxygen atoms in total. The molecule has 0 N–H and O–H groups in total. The van der Waals surface area contributed by atoms with Gasteiger partial charge in [0.1, 0.15) is 0 Å². The zero-order valence-corrected chi connectivity index (χ0v) is 11.8. The molecule has 84 valence electrons. The first kappa shape index (κ1) is 13.5. The summed E-state index contributed by atoms with van der Waals surface area (Å²) >= 11 is 0. The van der Waals surface area contributed by atoms with Crippen molar-refractivity contribution < 1.29 is 0 Å². The van der Waals surface area contributed by atoms with Crippen LogP contribution in [0.2, 0.25) is 19.1 Å². The molecule has 0 atom stereocenters. The summed E-state index contributed by atoms with van der Waals surface area (Å²) < 4.78 is 4.90. The standard InChI is InChI=1S/C10H25N3Si/c1-8-9-14(6,7)11-10(12(2)3)13(4)5/h8-9H2,1-7H3. The van der Waals surface area contributed by atoms with Gasteiger partial charge in [0.15, 0.2) is 14.2 Å². The Morgan fingerprint density at radius 3 is 1.79 bits per heavy atom. The lowest BCUT2D eigenvalue weighted by molar-refractivity contribution is 0.485. The minimum atomic E-state index is -1.39. The third-order valence-electron chi connectivity index (χ3n) is 2.06. The summed E-state index contributed by atoms with van der Waals surface area (Å²) in [6.45, 7) is 6.88. The lowest BCUT2D eigenvalue weighted by atomic mass is 10.6. The van der Waals surface area contributed by atoms with Crippen molar-refractivity contribution in [1.29, 1.82) is 0 Å². The summed E-state index contributed by atoms with van der Waals surface area (Å²) in [5, 5.41) is 0. The average Bonchev–Trinajstić information content (AvgIpc) is 1.99. The fourth-order valence-electron chi connectivity index (χ4n) is 1.54. The third kappa shape index (κ3) is 4.65. The van der Waals surface area contributed by atoms with Gasteiger partial charge in [0.2, 0.25) is 0 Å². The van der Waals surface area contributed by atoms with E-state index in [2.05, 4.69) is 58.0 Å². The van der Waals surface area contributed by atoms with E-state index in [1.54, 1.807) is 0 Å². The zero-order chi connectivity index (χ0) is 11.4. The fourth-order valence-corrected chi connectivity index (χ4v) is 3.82. The molecule has 0 unspecified atom stereocenters. The number of guanidine groups is 1. The highest BCUT2D eigenvalue weighted by Crippen LogP contribution is 2.14. The van der Waals surface area contributed by atoms with Crippen molar-refractivity contribution in [2.24, 2.45) is 4.66 Å². The van der Waals surface area contributed by atoms with Crippen molar-refractivity contribution in [1.82, 2.24) is 9.80 Å². The topological polar surface area (TPSA) is 18.8 Å². The van der Waals surface area contributed by atoms with Crippen molar-refractivity contribution >= 4 is 14.2 Å². The fraction of sp³-hybridized carbons (Fsp3) is 0.900. The first-order valence-corrected chi connectivity index (χ1v) is 8.40. The molecule has 0 bridgehead atoms. The Balaban J connectivity index is 4.71. The van der Waals surface area contributed by atoms with Crippen LogP contribution < -0.4 is 0 Å². The molecule has 0 radical (unpaired) electrons. The molecule has 0 saturated carbocycles. The van der Waals surface area contributed by atoms with E-state index in [4.69, 9.17) is 4.66 Å². The molecule has 0 amide bonds. The van der Waals surface area contributed by atoms with Crippen LogP contribution in [0.4, 0.5) is 0 Å². The minimum absolute atomic E-state index is 1.09. The van der Waals surface area contributed by atoms with Crippen molar-refractivity contribution in [2.45, 2.75) is 32.5 Å². The van der Waals surface area contributed by atoms with Gasteiger partial charge in [0, 0.05) is 28.2 Å². The maximum Gasteiger partial charge on any atom is 0.186 e. The molecule has 0 rings (SSSR count). The van der Waals surface area contributed by atoms with Gasteiger partial charge in [0.25, 0.3) is 0 Å². The smallest absolute Gasteiger partial charge is 0.186 e. The van der Waals surface area contributed by atoms with Gasteiger partial charge in [0.05, 0.1) is 0 Å². The monoisotopic (exact) mass is 215 g/mol. The minimum Gasteiger partial charge on any atom is -0.350 e. The summed E-state index contributed by atoms with van der Waals surface area (Å²) in [6, 6.07) is 1.26. The Kier molecular flexibility index (Phi) is 5.19. The lowest BCUT2D eigenvalue weighted by Crippen LogP contribution is -2.39. The first-order valence-electron chi connectivity index (χ1n) is 5.24. The Morgan fingerprint density at radius 1 is 1.07 bits per heavy atom. The van der Waals surface area contributed by atoms with Gasteiger partial charge in [-0.15, -0.1) is 0 Å². The number of hydrogen-bond acceptors (Lipinski definition) is 1. The van der Waals surface area contributed by atoms with Gasteiger partial charge in [-0.2, -0.15) is 0 Å². The van der Waals surface area contributed by atoms with Crippen LogP contribution in [-0.2, 0) is 0 Å². The van der Waals surface area contributed by atoms with Crippen LogP contribution in [0.3, 0.4) is 0 Å². The van der Waals surface area contributed by atoms with Crippen LogP contribution in [0.25, 0.3) is 0 Å². The second kappa shape index (κ2) is 5.39. The summed E-state index contributed by atoms with van der Waals surface area (Å²) in [4.78, 5) is 4.18. The second-order valence-electron chi connectivity index (χ2n) is 4.76. The molecule has 0 aliphatic rings. The normalized spacial score (nSPS) is 11.1. The summed E-state index contributed by atoms with van der Waals surface area (Å²) in [5.41, 5.74) is 0. The van der Waals surface area contributed by atoms with Crippen LogP contribution in [0.15, 0.2) is 4.66 Å². The molecular weight excluding hydrogens is 190 g/mol. The van der Waals surface area contributed by atoms with Crippen molar-refractivity contribution in [2.75, 3.05) is 28.2 Å². The highest BCUT2D eigenvalue weighted by atomic mass is 28.3. The number of nitrogens with zero attached hydrogens (tertiary/aromatic N) is 3. The second-order valence-corrected chi connectivity index (χ2v) is 9.11. The van der Waals surface area contributed by atoms with E-state index < -0.39 is 8.24 Å². The van der Waals surface area contributed by atoms with E-state index in [1.165, 1.54) is 12.5 Å². The predicted molar refractivity (Wildman–Crippen MR) is 67.4 cm³/mol. The SMILES string of the molecule is CCC[Si](C)(C)N=C(N(C)C)N(C)C. The Labute approximate surface area is 89.9 Å². The average molecular weight is 215 g/mol. The maximum absolute atomic E-state index is 4.90. The van der Waals surface area contributed by atoms with Crippen LogP contribution in [0.5, 0.6) is 0 Å². The van der Waals surface area contributed by atoms with E-state index in [0.717, 1.165) is 5.96 Å². The van der Waals surface area contributed by atoms with E-state index in [1.807, 2.05) is 0 Å². The molecule has 0 saturated heterocycles. The van der Waals surface area contributed by atoms with Crippen LogP contribution in [0.1, 0.15) is 13.3 Å². The van der Waals surface area contributed by atoms with Crippen LogP contribution >= 0.6 is 0 Å². The number of rotatable bonds is 3. The first-order chi connectivity index (χ1) is 6.30. The van der Waals surface area contributed by atoms with Gasteiger partial charge in [-0.3, -0.25) is 4.66 Å². The predicted octanol–water partition coefficient (Wildman–Crippen LogP) is 2.08. The van der Waals surface area contributed by atoms with Crippen molar-refractivity contribution in [3.8, 4) is 0 Å². The Hall–Kier alpha value is -0.513. The van der Waals surface area contributed by atoms with E-state index in [9.17, 15) is 0 Å². The molecule has 14 heavy (non-hydrogen) atoms. The van der Waals surface area contributed by atoms with Crippen LogP contribution in [0, 0.1) is 0 Å². The van der Waals surface area contributed by atoms with E-state index >= 15 is 0 Å². The van der Waals surface area contributed by atoms with E-state index in [-0.39, 0.29) is 0 Å². The van der Waals surface area contributed by atoms with Gasteiger partial charge in [-0.25, -0.2) is 0 Å². The third-order valence-corrected chi connectivity index (χ3v) is 4.59. The molecule has 0 aliphatic heterocycles. The largest absolute Gasteiger partial charge is 0.350 e. The van der Waals surface area contributed by atoms with Crippen LogP contribution in [-0.4, -0.2) is 52.2 Å². The van der Waals surface area contributed by atoms with Gasteiger partial charge in [-0.05, 0) is 19.1 Å². The lowest BCUT2D eigenvalue weighted by Gasteiger charge is -2.27. The summed E-state index contributed by atoms with van der Waals surface area (Å²) in [6.07, 6.45) is 1.23. The molecule has 0 aromatic rings. The summed E-state index contributed by atoms with van der Waals surface area (Å²) in [7, 11) is 6.82. The van der Waals surface area contributed by atoms with Gasteiger partial charge in [-0.1, -0.05) is 13.3 Å². The zero-order valence-electron chi connectivity index (χ0n) is 10.8. The molecule has 0 aliphatic carbocycles. The highest BCUT2D eigenvalue weighted by molar-refractivity contribution is 6.76. The van der Waals surface area contributed by atoms with Crippen molar-refractivity contribution in [3.63, 3.8) is 0 Å². The molecule has 0 spiro atoms. The molecule has 0 aromatic heterocycles. The molecular formula is C10H25N3Si. The summed E-state index contributed by atoms with van der Waals surface area (Å²) in [5.74, 6) is 1.09. The maximum atomic E-state index is 4.90. The van der Waals surface area contributed by atoms with Crippen molar-refractivity contribution in [3.05, 3.63) is 0 Å². The van der Waals surface area contributed by atoms with Gasteiger partial charge < -0.3 is 9.80 Å². The Morgan fingerprint density at radius 2 is 1.50 bits per heavy atom. The molecule has 4 heteroatoms. The molecule has 0 heterocycles. The van der Waals surface area contributed by atoms with E-state index in [0.29, 0.717) is 0 Å². The Bertz CT molecular complexity index is 188. The highest BCUT2D eigenvalue weighted by Gasteiger charge is 2.21. The quantitative estimate of drug-likeness (QED) is 0.408.